The van der Waals surface area contributed by atoms with Crippen LogP contribution in [0.1, 0.15) is 0 Å². The predicted molar refractivity (Wildman–Crippen MR) is 191 cm³/mol. The van der Waals surface area contributed by atoms with E-state index in [0.29, 0.717) is 0 Å². The number of pyridine rings is 3. The van der Waals surface area contributed by atoms with E-state index in [0.717, 1.165) is 55.2 Å². The maximum absolute atomic E-state index is 5.30. The lowest BCUT2D eigenvalue weighted by molar-refractivity contribution is 1.37. The number of aromatic nitrogens is 3. The zero-order chi connectivity index (χ0) is 30.2. The topological polar surface area (TPSA) is 38.7 Å². The molecule has 0 bridgehead atoms. The van der Waals surface area contributed by atoms with Crippen LogP contribution in [0.3, 0.4) is 0 Å². The summed E-state index contributed by atoms with van der Waals surface area (Å²) in [6.45, 7) is 0. The van der Waals surface area contributed by atoms with Crippen molar-refractivity contribution in [1.82, 2.24) is 15.0 Å². The van der Waals surface area contributed by atoms with Crippen molar-refractivity contribution in [3.05, 3.63) is 152 Å². The van der Waals surface area contributed by atoms with Crippen LogP contribution in [0, 0.1) is 0 Å². The fourth-order valence-electron chi connectivity index (χ4n) is 7.20. The standard InChI is InChI=1S/C43H25N3/c1-2-7-33-32(6-1)35-8-3-9-36-34(19-20-37(33)41(35)36)40-23-17-29-15-14-28-16-22-39(45-42(28)43(29)46-40)27-12-10-26(11-13-27)30-18-21-38-31(25-30)5-4-24-44-38/h1-25H. The van der Waals surface area contributed by atoms with Gasteiger partial charge >= 0.3 is 0 Å². The van der Waals surface area contributed by atoms with Crippen LogP contribution in [0.15, 0.2) is 152 Å². The first-order valence-electron chi connectivity index (χ1n) is 15.6. The minimum absolute atomic E-state index is 0.918. The Labute approximate surface area is 265 Å². The zero-order valence-corrected chi connectivity index (χ0v) is 24.8. The second-order valence-corrected chi connectivity index (χ2v) is 12.0. The number of fused-ring (bicyclic) bond motifs is 7. The van der Waals surface area contributed by atoms with Crippen LogP contribution in [0.4, 0.5) is 0 Å². The fourth-order valence-corrected chi connectivity index (χ4v) is 7.20. The number of benzene rings is 6. The number of nitrogens with zero attached hydrogens (tertiary/aromatic N) is 3. The molecule has 0 amide bonds. The molecule has 1 aliphatic carbocycles. The molecule has 3 heterocycles. The van der Waals surface area contributed by atoms with E-state index in [9.17, 15) is 0 Å². The smallest absolute Gasteiger partial charge is 0.0972 e. The zero-order valence-electron chi connectivity index (χ0n) is 24.8. The second-order valence-electron chi connectivity index (χ2n) is 12.0. The SMILES string of the molecule is c1ccc2c(c1)-c1cccc3c(-c4ccc5ccc6ccc(-c7ccc(-c8ccc9ncccc9c8)cc7)nc6c5n4)ccc-2c13. The highest BCUT2D eigenvalue weighted by Crippen LogP contribution is 2.49. The van der Waals surface area contributed by atoms with Gasteiger partial charge in [-0.1, -0.05) is 115 Å². The molecule has 0 unspecified atom stereocenters. The summed E-state index contributed by atoms with van der Waals surface area (Å²) < 4.78 is 0. The third kappa shape index (κ3) is 3.75. The Hall–Kier alpha value is -6.19. The van der Waals surface area contributed by atoms with Crippen molar-refractivity contribution in [2.75, 3.05) is 0 Å². The minimum Gasteiger partial charge on any atom is -0.256 e. The van der Waals surface area contributed by atoms with E-state index in [4.69, 9.17) is 9.97 Å². The summed E-state index contributed by atoms with van der Waals surface area (Å²) >= 11 is 0. The molecule has 0 atom stereocenters. The van der Waals surface area contributed by atoms with Gasteiger partial charge in [-0.25, -0.2) is 9.97 Å². The van der Waals surface area contributed by atoms with Crippen molar-refractivity contribution in [2.24, 2.45) is 0 Å². The molecule has 0 fully saturated rings. The quantitative estimate of drug-likeness (QED) is 0.194. The fraction of sp³-hybridized carbons (Fsp3) is 0. The van der Waals surface area contributed by atoms with Crippen LogP contribution in [-0.4, -0.2) is 15.0 Å². The van der Waals surface area contributed by atoms with Gasteiger partial charge in [-0.2, -0.15) is 0 Å². The van der Waals surface area contributed by atoms with E-state index in [2.05, 4.69) is 145 Å². The van der Waals surface area contributed by atoms with Crippen LogP contribution in [0.5, 0.6) is 0 Å². The molecule has 212 valence electrons. The Morgan fingerprint density at radius 3 is 1.80 bits per heavy atom. The van der Waals surface area contributed by atoms with Gasteiger partial charge in [-0.05, 0) is 74.5 Å². The Kier molecular flexibility index (Phi) is 5.28. The summed E-state index contributed by atoms with van der Waals surface area (Å²) in [6.07, 6.45) is 1.83. The third-order valence-electron chi connectivity index (χ3n) is 9.46. The van der Waals surface area contributed by atoms with E-state index in [1.807, 2.05) is 12.3 Å². The van der Waals surface area contributed by atoms with Gasteiger partial charge in [0.2, 0.25) is 0 Å². The molecule has 6 aromatic carbocycles. The summed E-state index contributed by atoms with van der Waals surface area (Å²) in [7, 11) is 0. The second kappa shape index (κ2) is 9.65. The first kappa shape index (κ1) is 25.2. The Bertz CT molecular complexity index is 2660. The molecule has 0 saturated carbocycles. The average Bonchev–Trinajstić information content (AvgIpc) is 3.46. The molecule has 3 aromatic heterocycles. The summed E-state index contributed by atoms with van der Waals surface area (Å²) in [5, 5.41) is 5.85. The van der Waals surface area contributed by atoms with Crippen LogP contribution < -0.4 is 0 Å². The molecule has 1 aliphatic rings. The number of hydrogen-bond donors (Lipinski definition) is 0. The van der Waals surface area contributed by atoms with Crippen molar-refractivity contribution < 1.29 is 0 Å². The van der Waals surface area contributed by atoms with Gasteiger partial charge in [0.25, 0.3) is 0 Å². The van der Waals surface area contributed by atoms with E-state index in [1.54, 1.807) is 0 Å². The summed E-state index contributed by atoms with van der Waals surface area (Å²) in [5.41, 5.74) is 14.5. The van der Waals surface area contributed by atoms with E-state index in [1.165, 1.54) is 44.2 Å². The highest BCUT2D eigenvalue weighted by molar-refractivity contribution is 6.18. The molecule has 10 rings (SSSR count). The van der Waals surface area contributed by atoms with Gasteiger partial charge in [-0.15, -0.1) is 0 Å². The molecular weight excluding hydrogens is 558 g/mol. The highest BCUT2D eigenvalue weighted by atomic mass is 14.8. The van der Waals surface area contributed by atoms with E-state index >= 15 is 0 Å². The van der Waals surface area contributed by atoms with Crippen LogP contribution in [0.25, 0.3) is 99.4 Å². The maximum Gasteiger partial charge on any atom is 0.0972 e. The van der Waals surface area contributed by atoms with E-state index in [-0.39, 0.29) is 0 Å². The highest BCUT2D eigenvalue weighted by Gasteiger charge is 2.22. The molecule has 3 nitrogen and oxygen atoms in total. The molecule has 0 spiro atoms. The lowest BCUT2D eigenvalue weighted by Gasteiger charge is -2.11. The van der Waals surface area contributed by atoms with Crippen molar-refractivity contribution >= 4 is 43.5 Å². The number of hydrogen-bond acceptors (Lipinski definition) is 3. The monoisotopic (exact) mass is 583 g/mol. The van der Waals surface area contributed by atoms with Gasteiger partial charge in [0.1, 0.15) is 0 Å². The first-order chi connectivity index (χ1) is 22.8. The Balaban J connectivity index is 1.08. The van der Waals surface area contributed by atoms with Crippen molar-refractivity contribution in [3.63, 3.8) is 0 Å². The van der Waals surface area contributed by atoms with Gasteiger partial charge in [0.15, 0.2) is 0 Å². The Morgan fingerprint density at radius 2 is 1.00 bits per heavy atom. The third-order valence-corrected chi connectivity index (χ3v) is 9.46. The normalized spacial score (nSPS) is 11.9. The largest absolute Gasteiger partial charge is 0.256 e. The molecule has 9 aromatic rings. The van der Waals surface area contributed by atoms with Crippen LogP contribution in [0.2, 0.25) is 0 Å². The van der Waals surface area contributed by atoms with Gasteiger partial charge in [0, 0.05) is 33.5 Å². The van der Waals surface area contributed by atoms with Gasteiger partial charge in [-0.3, -0.25) is 4.98 Å². The summed E-state index contributed by atoms with van der Waals surface area (Å²) in [6, 6.07) is 51.9. The molecule has 3 heteroatoms. The Morgan fingerprint density at radius 1 is 0.370 bits per heavy atom. The maximum atomic E-state index is 5.30. The van der Waals surface area contributed by atoms with Gasteiger partial charge in [0.05, 0.1) is 27.9 Å². The van der Waals surface area contributed by atoms with Crippen LogP contribution >= 0.6 is 0 Å². The lowest BCUT2D eigenvalue weighted by Crippen LogP contribution is -1.92. The molecule has 0 aliphatic heterocycles. The first-order valence-corrected chi connectivity index (χ1v) is 15.6. The van der Waals surface area contributed by atoms with Gasteiger partial charge < -0.3 is 0 Å². The molecule has 0 radical (unpaired) electrons. The lowest BCUT2D eigenvalue weighted by atomic mass is 9.96. The summed E-state index contributed by atoms with van der Waals surface area (Å²) in [4.78, 5) is 15.0. The minimum atomic E-state index is 0.918. The van der Waals surface area contributed by atoms with E-state index < -0.39 is 0 Å². The molecule has 0 saturated heterocycles. The van der Waals surface area contributed by atoms with Crippen LogP contribution in [-0.2, 0) is 0 Å². The molecular formula is C43H25N3. The predicted octanol–water partition coefficient (Wildman–Crippen LogP) is 11.1. The number of rotatable bonds is 3. The van der Waals surface area contributed by atoms with Crippen molar-refractivity contribution in [1.29, 1.82) is 0 Å². The van der Waals surface area contributed by atoms with Crippen molar-refractivity contribution in [3.8, 4) is 55.9 Å². The molecule has 46 heavy (non-hydrogen) atoms. The molecule has 0 N–H and O–H groups in total. The summed E-state index contributed by atoms with van der Waals surface area (Å²) in [5.74, 6) is 0. The average molecular weight is 584 g/mol. The van der Waals surface area contributed by atoms with Crippen molar-refractivity contribution in [2.45, 2.75) is 0 Å².